The van der Waals surface area contributed by atoms with E-state index in [1.165, 1.54) is 165 Å². The summed E-state index contributed by atoms with van der Waals surface area (Å²) in [5.74, 6) is 0. The van der Waals surface area contributed by atoms with Crippen LogP contribution in [0, 0.1) is 6.07 Å². The molecule has 0 N–H and O–H groups in total. The molecule has 0 amide bonds. The number of hydrogen-bond donors (Lipinski definition) is 0. The molecule has 0 atom stereocenters. The topological polar surface area (TPSA) is 0 Å². The molecule has 0 heteroatoms. The van der Waals surface area contributed by atoms with E-state index in [1.54, 1.807) is 0 Å². The number of hydrogen-bond acceptors (Lipinski definition) is 0. The lowest BCUT2D eigenvalue weighted by atomic mass is 9.99. The molecule has 1 aromatic rings. The molecule has 0 bridgehead atoms. The van der Waals surface area contributed by atoms with Crippen LogP contribution in [0.4, 0.5) is 0 Å². The van der Waals surface area contributed by atoms with Crippen molar-refractivity contribution in [3.05, 3.63) is 35.4 Å². The number of aryl methyl sites for hydroxylation is 2. The Hall–Kier alpha value is -0.780. The number of unbranched alkanes of at least 4 members (excludes halogenated alkanes) is 20. The molecule has 0 spiro atoms. The summed E-state index contributed by atoms with van der Waals surface area (Å²) in [7, 11) is 0. The van der Waals surface area contributed by atoms with E-state index in [1.807, 2.05) is 0 Å². The van der Waals surface area contributed by atoms with Crippen molar-refractivity contribution < 1.29 is 0 Å². The van der Waals surface area contributed by atoms with Gasteiger partial charge >= 0.3 is 0 Å². The van der Waals surface area contributed by atoms with Gasteiger partial charge in [0.2, 0.25) is 0 Å². The predicted octanol–water partition coefficient (Wildman–Crippen LogP) is 11.2. The van der Waals surface area contributed by atoms with E-state index in [9.17, 15) is 0 Å². The smallest absolute Gasteiger partial charge is 0.0178 e. The van der Waals surface area contributed by atoms with Gasteiger partial charge in [-0.2, -0.15) is 0 Å². The standard InChI is InChI=1S/C32H57/c1-3-5-7-9-11-13-15-17-19-21-23-26-31-28-25-29-32(30-31)27-24-22-20-18-16-14-12-10-8-6-4-2/h28-30H,3-24,26-27H2,1-2H3. The highest BCUT2D eigenvalue weighted by atomic mass is 14.1. The summed E-state index contributed by atoms with van der Waals surface area (Å²) in [5, 5.41) is 0. The van der Waals surface area contributed by atoms with E-state index in [4.69, 9.17) is 0 Å². The summed E-state index contributed by atoms with van der Waals surface area (Å²) in [4.78, 5) is 0. The minimum absolute atomic E-state index is 1.25. The fraction of sp³-hybridized carbons (Fsp3) is 0.812. The Balaban J connectivity index is 1.94. The van der Waals surface area contributed by atoms with Crippen LogP contribution in [0.25, 0.3) is 0 Å². The van der Waals surface area contributed by atoms with Crippen molar-refractivity contribution in [2.75, 3.05) is 0 Å². The number of rotatable bonds is 24. The van der Waals surface area contributed by atoms with Gasteiger partial charge in [-0.05, 0) is 42.9 Å². The van der Waals surface area contributed by atoms with E-state index in [0.717, 1.165) is 0 Å². The molecule has 0 saturated heterocycles. The summed E-state index contributed by atoms with van der Waals surface area (Å²) in [6.45, 7) is 4.60. The molecule has 0 unspecified atom stereocenters. The molecule has 0 aliphatic carbocycles. The minimum atomic E-state index is 1.25. The van der Waals surface area contributed by atoms with E-state index in [2.05, 4.69) is 38.1 Å². The van der Waals surface area contributed by atoms with Crippen molar-refractivity contribution in [3.8, 4) is 0 Å². The van der Waals surface area contributed by atoms with Crippen molar-refractivity contribution in [2.24, 2.45) is 0 Å². The van der Waals surface area contributed by atoms with Gasteiger partial charge in [0, 0.05) is 0 Å². The second-order valence-electron chi connectivity index (χ2n) is 10.3. The van der Waals surface area contributed by atoms with Crippen molar-refractivity contribution in [3.63, 3.8) is 0 Å². The van der Waals surface area contributed by atoms with Gasteiger partial charge in [-0.3, -0.25) is 0 Å². The molecular formula is C32H57. The Morgan fingerprint density at radius 2 is 0.688 bits per heavy atom. The van der Waals surface area contributed by atoms with Crippen molar-refractivity contribution in [2.45, 2.75) is 168 Å². The molecule has 1 rings (SSSR count). The van der Waals surface area contributed by atoms with Gasteiger partial charge in [-0.1, -0.05) is 160 Å². The first kappa shape index (κ1) is 29.3. The zero-order valence-corrected chi connectivity index (χ0v) is 22.2. The fourth-order valence-corrected chi connectivity index (χ4v) is 4.85. The lowest BCUT2D eigenvalue weighted by molar-refractivity contribution is 0.549. The highest BCUT2D eigenvalue weighted by Gasteiger charge is 1.99. The van der Waals surface area contributed by atoms with E-state index >= 15 is 0 Å². The molecule has 0 aliphatic heterocycles. The summed E-state index contributed by atoms with van der Waals surface area (Å²) < 4.78 is 0. The molecule has 0 fully saturated rings. The lowest BCUT2D eigenvalue weighted by Gasteiger charge is -2.06. The molecule has 0 aromatic heterocycles. The van der Waals surface area contributed by atoms with Gasteiger partial charge < -0.3 is 0 Å². The van der Waals surface area contributed by atoms with Crippen LogP contribution in [0.1, 0.15) is 166 Å². The molecule has 32 heavy (non-hydrogen) atoms. The maximum Gasteiger partial charge on any atom is -0.0178 e. The molecule has 0 saturated carbocycles. The van der Waals surface area contributed by atoms with E-state index in [-0.39, 0.29) is 0 Å². The largest absolute Gasteiger partial charge is 0.0654 e. The van der Waals surface area contributed by atoms with Gasteiger partial charge in [0.25, 0.3) is 0 Å². The van der Waals surface area contributed by atoms with Gasteiger partial charge in [0.15, 0.2) is 0 Å². The van der Waals surface area contributed by atoms with Crippen LogP contribution in [0.2, 0.25) is 0 Å². The first-order valence-corrected chi connectivity index (χ1v) is 14.9. The molecule has 0 nitrogen and oxygen atoms in total. The second kappa shape index (κ2) is 23.4. The maximum absolute atomic E-state index is 3.41. The Bertz CT molecular complexity index is 447. The zero-order valence-electron chi connectivity index (χ0n) is 22.2. The Morgan fingerprint density at radius 1 is 0.406 bits per heavy atom. The first-order chi connectivity index (χ1) is 15.9. The predicted molar refractivity (Wildman–Crippen MR) is 146 cm³/mol. The molecule has 1 aromatic carbocycles. The molecule has 1 radical (unpaired) electrons. The van der Waals surface area contributed by atoms with Crippen molar-refractivity contribution in [1.29, 1.82) is 0 Å². The van der Waals surface area contributed by atoms with Crippen LogP contribution in [0.15, 0.2) is 18.2 Å². The average molecular weight is 442 g/mol. The number of benzene rings is 1. The summed E-state index contributed by atoms with van der Waals surface area (Å²) in [6.07, 6.45) is 33.9. The Morgan fingerprint density at radius 3 is 1.00 bits per heavy atom. The third kappa shape index (κ3) is 18.8. The summed E-state index contributed by atoms with van der Waals surface area (Å²) in [6, 6.07) is 10.3. The van der Waals surface area contributed by atoms with Crippen LogP contribution in [-0.2, 0) is 12.8 Å². The van der Waals surface area contributed by atoms with Crippen LogP contribution < -0.4 is 0 Å². The minimum Gasteiger partial charge on any atom is -0.0654 e. The van der Waals surface area contributed by atoms with Crippen LogP contribution in [0.5, 0.6) is 0 Å². The van der Waals surface area contributed by atoms with Crippen LogP contribution in [0.3, 0.4) is 0 Å². The van der Waals surface area contributed by atoms with Crippen LogP contribution in [-0.4, -0.2) is 0 Å². The van der Waals surface area contributed by atoms with Crippen molar-refractivity contribution in [1.82, 2.24) is 0 Å². The highest BCUT2D eigenvalue weighted by Crippen LogP contribution is 2.16. The van der Waals surface area contributed by atoms with Gasteiger partial charge in [0.1, 0.15) is 0 Å². The monoisotopic (exact) mass is 441 g/mol. The van der Waals surface area contributed by atoms with E-state index in [0.29, 0.717) is 0 Å². The Kier molecular flexibility index (Phi) is 21.4. The molecule has 0 aliphatic rings. The zero-order chi connectivity index (χ0) is 23.0. The van der Waals surface area contributed by atoms with Gasteiger partial charge in [-0.25, -0.2) is 0 Å². The van der Waals surface area contributed by atoms with E-state index < -0.39 is 0 Å². The molecular weight excluding hydrogens is 384 g/mol. The first-order valence-electron chi connectivity index (χ1n) is 14.9. The second-order valence-corrected chi connectivity index (χ2v) is 10.3. The summed E-state index contributed by atoms with van der Waals surface area (Å²) >= 11 is 0. The quantitative estimate of drug-likeness (QED) is 0.140. The third-order valence-electron chi connectivity index (χ3n) is 7.05. The normalized spacial score (nSPS) is 11.3. The van der Waals surface area contributed by atoms with Gasteiger partial charge in [-0.15, -0.1) is 0 Å². The van der Waals surface area contributed by atoms with Crippen LogP contribution >= 0.6 is 0 Å². The third-order valence-corrected chi connectivity index (χ3v) is 7.05. The SMILES string of the molecule is CCCCCCCCCCCCCc1c[c]cc(CCCCCCCCCCCCC)c1. The average Bonchev–Trinajstić information content (AvgIpc) is 2.81. The maximum atomic E-state index is 3.41. The van der Waals surface area contributed by atoms with Crippen molar-refractivity contribution >= 4 is 0 Å². The molecule has 185 valence electrons. The van der Waals surface area contributed by atoms with Gasteiger partial charge in [0.05, 0.1) is 0 Å². The Labute approximate surface area is 203 Å². The lowest BCUT2D eigenvalue weighted by Crippen LogP contribution is -1.91. The molecule has 0 heterocycles. The summed E-state index contributed by atoms with van der Waals surface area (Å²) in [5.41, 5.74) is 3.03. The highest BCUT2D eigenvalue weighted by molar-refractivity contribution is 5.22. The fourth-order valence-electron chi connectivity index (χ4n) is 4.85.